The maximum Gasteiger partial charge on any atom is 0.268 e. The molecule has 0 aliphatic carbocycles. The number of aliphatic hydroxyl groups is 1. The Morgan fingerprint density at radius 3 is 1.90 bits per heavy atom. The number of carbonyl (C=O) groups is 2. The molecule has 2 aromatic carbocycles. The Hall–Kier alpha value is -3.39. The highest BCUT2D eigenvalue weighted by molar-refractivity contribution is 7.92. The number of hydrogen-bond acceptors (Lipinski definition) is 6. The normalized spacial score (nSPS) is 12.7. The molecule has 2 amide bonds. The Morgan fingerprint density at radius 1 is 0.967 bits per heavy atom. The second-order valence-electron chi connectivity index (χ2n) is 6.45. The smallest absolute Gasteiger partial charge is 0.268 e. The monoisotopic (exact) mass is 431 g/mol. The van der Waals surface area contributed by atoms with Gasteiger partial charge in [-0.1, -0.05) is 11.8 Å². The topological polar surface area (TPSA) is 145 Å². The number of hydrogen-bond donors (Lipinski definition) is 5. The van der Waals surface area contributed by atoms with E-state index in [0.717, 1.165) is 6.26 Å². The third kappa shape index (κ3) is 6.89. The van der Waals surface area contributed by atoms with Gasteiger partial charge in [-0.2, -0.15) is 0 Å². The first-order valence-corrected chi connectivity index (χ1v) is 10.6. The summed E-state index contributed by atoms with van der Waals surface area (Å²) in [6.07, 6.45) is -0.137. The van der Waals surface area contributed by atoms with E-state index < -0.39 is 34.0 Å². The van der Waals surface area contributed by atoms with Crippen molar-refractivity contribution in [1.29, 1.82) is 0 Å². The number of aliphatic hydroxyl groups excluding tert-OH is 1. The van der Waals surface area contributed by atoms with Crippen LogP contribution in [0.25, 0.3) is 0 Å². The molecule has 0 fully saturated rings. The van der Waals surface area contributed by atoms with Crippen LogP contribution in [0.1, 0.15) is 28.4 Å². The van der Waals surface area contributed by atoms with E-state index in [9.17, 15) is 23.1 Å². The maximum absolute atomic E-state index is 12.2. The lowest BCUT2D eigenvalue weighted by molar-refractivity contribution is -0.133. The summed E-state index contributed by atoms with van der Waals surface area (Å²) in [6.45, 7) is 1.31. The molecule has 0 saturated carbocycles. The van der Waals surface area contributed by atoms with E-state index >= 15 is 0 Å². The molecule has 0 saturated heterocycles. The van der Waals surface area contributed by atoms with Crippen molar-refractivity contribution in [3.8, 4) is 11.8 Å². The molecule has 0 heterocycles. The van der Waals surface area contributed by atoms with Gasteiger partial charge in [0.2, 0.25) is 10.0 Å². The Balaban J connectivity index is 2.06. The van der Waals surface area contributed by atoms with E-state index in [2.05, 4.69) is 21.9 Å². The molecule has 2 rings (SSSR count). The Kier molecular flexibility index (Phi) is 7.54. The fraction of sp³-hybridized carbons (Fsp3) is 0.200. The number of nitrogens with one attached hydrogen (secondary N) is 3. The summed E-state index contributed by atoms with van der Waals surface area (Å²) < 4.78 is 24.8. The predicted octanol–water partition coefficient (Wildman–Crippen LogP) is 0.442. The first-order valence-electron chi connectivity index (χ1n) is 8.72. The van der Waals surface area contributed by atoms with E-state index in [4.69, 9.17) is 5.21 Å². The summed E-state index contributed by atoms with van der Waals surface area (Å²) in [5.74, 6) is 4.32. The lowest BCUT2D eigenvalue weighted by atomic mass is 10.1. The van der Waals surface area contributed by atoms with Crippen LogP contribution in [0, 0.1) is 11.8 Å². The molecule has 0 unspecified atom stereocenters. The van der Waals surface area contributed by atoms with Gasteiger partial charge in [0, 0.05) is 22.4 Å². The molecule has 0 aromatic heterocycles. The van der Waals surface area contributed by atoms with Gasteiger partial charge in [0.1, 0.15) is 6.04 Å². The zero-order valence-electron chi connectivity index (χ0n) is 16.2. The number of benzene rings is 2. The van der Waals surface area contributed by atoms with Gasteiger partial charge in [-0.15, -0.1) is 0 Å². The largest absolute Gasteiger partial charge is 0.391 e. The van der Waals surface area contributed by atoms with Crippen LogP contribution in [0.5, 0.6) is 0 Å². The predicted molar refractivity (Wildman–Crippen MR) is 110 cm³/mol. The van der Waals surface area contributed by atoms with E-state index in [1.54, 1.807) is 36.4 Å². The minimum Gasteiger partial charge on any atom is -0.391 e. The van der Waals surface area contributed by atoms with Crippen LogP contribution >= 0.6 is 0 Å². The molecule has 9 nitrogen and oxygen atoms in total. The molecule has 0 spiro atoms. The van der Waals surface area contributed by atoms with E-state index in [1.165, 1.54) is 24.5 Å². The van der Waals surface area contributed by atoms with Crippen molar-refractivity contribution >= 4 is 27.5 Å². The van der Waals surface area contributed by atoms with Crippen LogP contribution in [-0.2, 0) is 14.8 Å². The van der Waals surface area contributed by atoms with Gasteiger partial charge >= 0.3 is 0 Å². The van der Waals surface area contributed by atoms with E-state index in [0.29, 0.717) is 16.8 Å². The zero-order valence-corrected chi connectivity index (χ0v) is 17.0. The minimum absolute atomic E-state index is 0.244. The molecule has 30 heavy (non-hydrogen) atoms. The van der Waals surface area contributed by atoms with Crippen molar-refractivity contribution in [2.24, 2.45) is 0 Å². The summed E-state index contributed by atoms with van der Waals surface area (Å²) in [4.78, 5) is 23.7. The number of carbonyl (C=O) groups excluding carboxylic acids is 2. The molecular formula is C20H21N3O6S. The molecule has 2 atom stereocenters. The van der Waals surface area contributed by atoms with E-state index in [1.807, 2.05) is 0 Å². The van der Waals surface area contributed by atoms with Crippen molar-refractivity contribution in [3.05, 3.63) is 65.2 Å². The highest BCUT2D eigenvalue weighted by Crippen LogP contribution is 2.11. The van der Waals surface area contributed by atoms with Crippen molar-refractivity contribution < 1.29 is 28.3 Å². The SMILES string of the molecule is C[C@@H](O)[C@H](NC(=O)c1ccc(C#Cc2ccc(NS(C)(=O)=O)cc2)cc1)C(=O)NO. The maximum atomic E-state index is 12.2. The van der Waals surface area contributed by atoms with Crippen LogP contribution in [0.3, 0.4) is 0 Å². The average molecular weight is 431 g/mol. The van der Waals surface area contributed by atoms with Crippen LogP contribution in [-0.4, -0.2) is 48.9 Å². The lowest BCUT2D eigenvalue weighted by Crippen LogP contribution is -2.51. The Labute approximate surface area is 174 Å². The Morgan fingerprint density at radius 2 is 1.47 bits per heavy atom. The summed E-state index contributed by atoms with van der Waals surface area (Å²) in [5, 5.41) is 20.6. The molecule has 5 N–H and O–H groups in total. The van der Waals surface area contributed by atoms with Gasteiger partial charge in [0.15, 0.2) is 0 Å². The average Bonchev–Trinajstić information content (AvgIpc) is 2.69. The van der Waals surface area contributed by atoms with Crippen LogP contribution in [0.15, 0.2) is 48.5 Å². The molecule has 10 heteroatoms. The third-order valence-electron chi connectivity index (χ3n) is 3.85. The highest BCUT2D eigenvalue weighted by atomic mass is 32.2. The van der Waals surface area contributed by atoms with Gasteiger partial charge in [-0.05, 0) is 55.5 Å². The van der Waals surface area contributed by atoms with Gasteiger partial charge in [0.05, 0.1) is 12.4 Å². The zero-order chi connectivity index (χ0) is 22.3. The third-order valence-corrected chi connectivity index (χ3v) is 4.45. The fourth-order valence-corrected chi connectivity index (χ4v) is 2.95. The van der Waals surface area contributed by atoms with E-state index in [-0.39, 0.29) is 5.56 Å². The van der Waals surface area contributed by atoms with Gasteiger partial charge in [-0.25, -0.2) is 13.9 Å². The Bertz CT molecular complexity index is 1070. The second kappa shape index (κ2) is 9.89. The van der Waals surface area contributed by atoms with Crippen LogP contribution in [0.4, 0.5) is 5.69 Å². The van der Waals surface area contributed by atoms with Crippen LogP contribution < -0.4 is 15.5 Å². The molecule has 158 valence electrons. The summed E-state index contributed by atoms with van der Waals surface area (Å²) in [5.41, 5.74) is 3.37. The molecule has 0 aliphatic rings. The van der Waals surface area contributed by atoms with Gasteiger partial charge in [0.25, 0.3) is 11.8 Å². The summed E-state index contributed by atoms with van der Waals surface area (Å²) in [6, 6.07) is 11.5. The molecule has 0 aliphatic heterocycles. The number of rotatable bonds is 6. The first-order chi connectivity index (χ1) is 14.1. The number of anilines is 1. The van der Waals surface area contributed by atoms with Crippen LogP contribution in [0.2, 0.25) is 0 Å². The number of sulfonamides is 1. The first kappa shape index (κ1) is 22.9. The fourth-order valence-electron chi connectivity index (χ4n) is 2.38. The molecule has 0 bridgehead atoms. The van der Waals surface area contributed by atoms with Crippen molar-refractivity contribution in [2.45, 2.75) is 19.1 Å². The quantitative estimate of drug-likeness (QED) is 0.255. The molecule has 2 aromatic rings. The van der Waals surface area contributed by atoms with Crippen molar-refractivity contribution in [2.75, 3.05) is 11.0 Å². The van der Waals surface area contributed by atoms with Gasteiger partial charge < -0.3 is 10.4 Å². The molecular weight excluding hydrogens is 410 g/mol. The molecule has 0 radical (unpaired) electrons. The van der Waals surface area contributed by atoms with Gasteiger partial charge in [-0.3, -0.25) is 19.5 Å². The number of amides is 2. The summed E-state index contributed by atoms with van der Waals surface area (Å²) >= 11 is 0. The lowest BCUT2D eigenvalue weighted by Gasteiger charge is -2.19. The summed E-state index contributed by atoms with van der Waals surface area (Å²) in [7, 11) is -3.34. The number of hydroxylamine groups is 1. The minimum atomic E-state index is -3.34. The van der Waals surface area contributed by atoms with Crippen molar-refractivity contribution in [1.82, 2.24) is 10.8 Å². The second-order valence-corrected chi connectivity index (χ2v) is 8.20. The van der Waals surface area contributed by atoms with Crippen molar-refractivity contribution in [3.63, 3.8) is 0 Å². The standard InChI is InChI=1S/C20H21N3O6S/c1-13(24)18(20(26)22-27)21-19(25)16-9-5-14(6-10-16)3-4-15-7-11-17(12-8-15)23-30(2,28)29/h5-13,18,23-24,27H,1-2H3,(H,21,25)(H,22,26)/t13-,18+/m1/s1. The highest BCUT2D eigenvalue weighted by Gasteiger charge is 2.25.